The van der Waals surface area contributed by atoms with Gasteiger partial charge in [0.15, 0.2) is 0 Å². The molecule has 1 aromatic rings. The van der Waals surface area contributed by atoms with E-state index in [1.165, 1.54) is 4.68 Å². The minimum absolute atomic E-state index is 0.0349. The number of hydrogen-bond donors (Lipinski definition) is 1. The zero-order valence-corrected chi connectivity index (χ0v) is 11.7. The largest absolute Gasteiger partial charge is 0.477 e. The second kappa shape index (κ2) is 4.97. The Kier molecular flexibility index (Phi) is 4.00. The third-order valence-electron chi connectivity index (χ3n) is 2.56. The highest BCUT2D eigenvalue weighted by atomic mass is 32.2. The van der Waals surface area contributed by atoms with Crippen LogP contribution in [-0.4, -0.2) is 54.9 Å². The first-order valence-corrected chi connectivity index (χ1v) is 7.35. The quantitative estimate of drug-likeness (QED) is 0.807. The van der Waals surface area contributed by atoms with E-state index in [9.17, 15) is 13.2 Å². The molecule has 0 unspecified atom stereocenters. The second-order valence-corrected chi connectivity index (χ2v) is 6.52. The Morgan fingerprint density at radius 2 is 2.06 bits per heavy atom. The lowest BCUT2D eigenvalue weighted by Gasteiger charge is -2.19. The number of sulfone groups is 1. The Bertz CT molecular complexity index is 562. The van der Waals surface area contributed by atoms with Crippen LogP contribution in [-0.2, 0) is 16.9 Å². The zero-order chi connectivity index (χ0) is 14.1. The molecule has 0 fully saturated rings. The summed E-state index contributed by atoms with van der Waals surface area (Å²) in [5, 5.41) is 13.2. The normalized spacial score (nSPS) is 11.6. The van der Waals surface area contributed by atoms with Crippen LogP contribution >= 0.6 is 0 Å². The van der Waals surface area contributed by atoms with Gasteiger partial charge in [-0.3, -0.25) is 4.68 Å². The highest BCUT2D eigenvalue weighted by molar-refractivity contribution is 7.90. The van der Waals surface area contributed by atoms with Gasteiger partial charge in [0.05, 0.1) is 11.4 Å². The molecule has 102 valence electrons. The molecule has 1 aromatic heterocycles. The Morgan fingerprint density at radius 3 is 2.50 bits per heavy atom. The van der Waals surface area contributed by atoms with Gasteiger partial charge in [-0.1, -0.05) is 0 Å². The van der Waals surface area contributed by atoms with Crippen molar-refractivity contribution in [2.45, 2.75) is 6.92 Å². The van der Waals surface area contributed by atoms with Gasteiger partial charge in [-0.2, -0.15) is 5.10 Å². The standard InChI is InChI=1S/C10H17N3O4S/c1-7-8(10(14)15)9(13(3)11-7)12(2)5-6-18(4,16)17/h5-6H2,1-4H3,(H,14,15). The molecule has 1 N–H and O–H groups in total. The molecule has 0 spiro atoms. The summed E-state index contributed by atoms with van der Waals surface area (Å²) in [6.07, 6.45) is 1.15. The molecule has 8 heteroatoms. The average molecular weight is 275 g/mol. The summed E-state index contributed by atoms with van der Waals surface area (Å²) in [6.45, 7) is 1.83. The predicted molar refractivity (Wildman–Crippen MR) is 67.9 cm³/mol. The fraction of sp³-hybridized carbons (Fsp3) is 0.600. The van der Waals surface area contributed by atoms with Gasteiger partial charge in [0.25, 0.3) is 0 Å². The topological polar surface area (TPSA) is 92.5 Å². The minimum atomic E-state index is -3.09. The molecule has 1 heterocycles. The zero-order valence-electron chi connectivity index (χ0n) is 10.8. The molecule has 0 aliphatic carbocycles. The third kappa shape index (κ3) is 3.22. The van der Waals surface area contributed by atoms with Gasteiger partial charge < -0.3 is 10.0 Å². The number of carboxylic acid groups (broad SMARTS) is 1. The summed E-state index contributed by atoms with van der Waals surface area (Å²) in [4.78, 5) is 12.8. The van der Waals surface area contributed by atoms with E-state index in [2.05, 4.69) is 5.10 Å². The SMILES string of the molecule is Cc1nn(C)c(N(C)CCS(C)(=O)=O)c1C(=O)O. The van der Waals surface area contributed by atoms with Crippen LogP contribution in [0.4, 0.5) is 5.82 Å². The number of aromatic carboxylic acids is 1. The predicted octanol–water partition coefficient (Wildman–Crippen LogP) is -0.0925. The molecular weight excluding hydrogens is 258 g/mol. The lowest BCUT2D eigenvalue weighted by molar-refractivity contribution is 0.0696. The molecule has 0 radical (unpaired) electrons. The lowest BCUT2D eigenvalue weighted by atomic mass is 10.2. The van der Waals surface area contributed by atoms with E-state index in [0.717, 1.165) is 6.26 Å². The van der Waals surface area contributed by atoms with Gasteiger partial charge in [0.1, 0.15) is 21.2 Å². The molecule has 0 aliphatic heterocycles. The number of nitrogens with zero attached hydrogens (tertiary/aromatic N) is 3. The summed E-state index contributed by atoms with van der Waals surface area (Å²) in [5.74, 6) is -0.697. The molecule has 0 bridgehead atoms. The third-order valence-corrected chi connectivity index (χ3v) is 3.49. The second-order valence-electron chi connectivity index (χ2n) is 4.26. The fourth-order valence-electron chi connectivity index (χ4n) is 1.74. The van der Waals surface area contributed by atoms with E-state index in [0.29, 0.717) is 11.5 Å². The van der Waals surface area contributed by atoms with Crippen molar-refractivity contribution in [2.24, 2.45) is 7.05 Å². The van der Waals surface area contributed by atoms with Crippen LogP contribution in [0.15, 0.2) is 0 Å². The van der Waals surface area contributed by atoms with Gasteiger partial charge in [-0.05, 0) is 6.92 Å². The van der Waals surface area contributed by atoms with Gasteiger partial charge in [-0.25, -0.2) is 13.2 Å². The van der Waals surface area contributed by atoms with Gasteiger partial charge in [-0.15, -0.1) is 0 Å². The van der Waals surface area contributed by atoms with E-state index < -0.39 is 15.8 Å². The molecule has 0 aliphatic rings. The van der Waals surface area contributed by atoms with E-state index in [1.54, 1.807) is 25.9 Å². The van der Waals surface area contributed by atoms with Crippen LogP contribution in [0.25, 0.3) is 0 Å². The summed E-state index contributed by atoms with van der Waals surface area (Å²) in [7, 11) is 0.192. The average Bonchev–Trinajstić information content (AvgIpc) is 2.49. The van der Waals surface area contributed by atoms with E-state index >= 15 is 0 Å². The van der Waals surface area contributed by atoms with Crippen LogP contribution in [0.2, 0.25) is 0 Å². The number of aryl methyl sites for hydroxylation is 2. The first kappa shape index (κ1) is 14.5. The number of anilines is 1. The molecule has 0 aromatic carbocycles. The monoisotopic (exact) mass is 275 g/mol. The number of hydrogen-bond acceptors (Lipinski definition) is 5. The van der Waals surface area contributed by atoms with Crippen molar-refractivity contribution in [1.82, 2.24) is 9.78 Å². The fourth-order valence-corrected chi connectivity index (χ4v) is 2.35. The van der Waals surface area contributed by atoms with Crippen LogP contribution in [0.1, 0.15) is 16.1 Å². The van der Waals surface area contributed by atoms with Crippen LogP contribution in [0, 0.1) is 6.92 Å². The maximum atomic E-state index is 11.2. The Morgan fingerprint density at radius 1 is 1.50 bits per heavy atom. The first-order valence-electron chi connectivity index (χ1n) is 5.29. The minimum Gasteiger partial charge on any atom is -0.477 e. The van der Waals surface area contributed by atoms with Crippen molar-refractivity contribution in [3.05, 3.63) is 11.3 Å². The summed E-state index contributed by atoms with van der Waals surface area (Å²) >= 11 is 0. The van der Waals surface area contributed by atoms with Crippen molar-refractivity contribution < 1.29 is 18.3 Å². The summed E-state index contributed by atoms with van der Waals surface area (Å²) in [6, 6.07) is 0. The molecular formula is C10H17N3O4S. The lowest BCUT2D eigenvalue weighted by Crippen LogP contribution is -2.28. The van der Waals surface area contributed by atoms with Gasteiger partial charge >= 0.3 is 5.97 Å². The van der Waals surface area contributed by atoms with Crippen molar-refractivity contribution >= 4 is 21.6 Å². The molecule has 0 atom stereocenters. The summed E-state index contributed by atoms with van der Waals surface area (Å²) < 4.78 is 23.7. The number of carbonyl (C=O) groups is 1. The first-order chi connectivity index (χ1) is 8.13. The molecule has 0 saturated heterocycles. The van der Waals surface area contributed by atoms with Crippen LogP contribution in [0.3, 0.4) is 0 Å². The maximum Gasteiger partial charge on any atom is 0.341 e. The Hall–Kier alpha value is -1.57. The van der Waals surface area contributed by atoms with Crippen LogP contribution < -0.4 is 4.90 Å². The number of aromatic nitrogens is 2. The number of carboxylic acids is 1. The van der Waals surface area contributed by atoms with E-state index in [4.69, 9.17) is 5.11 Å². The molecule has 0 amide bonds. The smallest absolute Gasteiger partial charge is 0.341 e. The Balaban J connectivity index is 3.05. The molecule has 0 saturated carbocycles. The maximum absolute atomic E-state index is 11.2. The molecule has 7 nitrogen and oxygen atoms in total. The van der Waals surface area contributed by atoms with Crippen molar-refractivity contribution in [2.75, 3.05) is 30.5 Å². The number of rotatable bonds is 5. The highest BCUT2D eigenvalue weighted by Crippen LogP contribution is 2.21. The van der Waals surface area contributed by atoms with E-state index in [1.807, 2.05) is 0 Å². The van der Waals surface area contributed by atoms with Gasteiger partial charge in [0, 0.05) is 26.9 Å². The van der Waals surface area contributed by atoms with Gasteiger partial charge in [0.2, 0.25) is 0 Å². The van der Waals surface area contributed by atoms with Crippen molar-refractivity contribution in [1.29, 1.82) is 0 Å². The highest BCUT2D eigenvalue weighted by Gasteiger charge is 2.22. The van der Waals surface area contributed by atoms with Crippen LogP contribution in [0.5, 0.6) is 0 Å². The van der Waals surface area contributed by atoms with E-state index in [-0.39, 0.29) is 17.9 Å². The molecule has 1 rings (SSSR count). The summed E-state index contributed by atoms with van der Waals surface area (Å²) in [5.41, 5.74) is 0.514. The Labute approximate surface area is 106 Å². The van der Waals surface area contributed by atoms with Crippen molar-refractivity contribution in [3.8, 4) is 0 Å². The molecule has 18 heavy (non-hydrogen) atoms. The van der Waals surface area contributed by atoms with Crippen molar-refractivity contribution in [3.63, 3.8) is 0 Å².